The number of rotatable bonds is 3. The van der Waals surface area contributed by atoms with Crippen molar-refractivity contribution in [2.24, 2.45) is 0 Å². The number of carbonyl (C=O) groups is 1. The lowest BCUT2D eigenvalue weighted by Crippen LogP contribution is -1.99. The summed E-state index contributed by atoms with van der Waals surface area (Å²) in [7, 11) is 0. The Labute approximate surface area is 87.4 Å². The van der Waals surface area contributed by atoms with Crippen LogP contribution in [0, 0.1) is 3.57 Å². The van der Waals surface area contributed by atoms with Crippen LogP contribution in [0.2, 0.25) is 0 Å². The van der Waals surface area contributed by atoms with Gasteiger partial charge in [0.05, 0.1) is 9.14 Å². The molecule has 0 aliphatic carbocycles. The molecule has 0 saturated heterocycles. The maximum absolute atomic E-state index is 10.8. The second-order valence-corrected chi connectivity index (χ2v) is 4.88. The third-order valence-electron chi connectivity index (χ3n) is 1.62. The minimum Gasteiger partial charge on any atom is -0.478 e. The Morgan fingerprint density at radius 1 is 1.29 bits per heavy atom. The maximum Gasteiger partial charge on any atom is 0.341 e. The molecule has 0 saturated carbocycles. The van der Waals surface area contributed by atoms with Crippen molar-refractivity contribution in [1.29, 1.82) is 0 Å². The molecule has 14 heavy (non-hydrogen) atoms. The number of carboxylic acids is 1. The topological polar surface area (TPSA) is 71.4 Å². The predicted octanol–water partition coefficient (Wildman–Crippen LogP) is 2.15. The van der Waals surface area contributed by atoms with Gasteiger partial charge in [-0.3, -0.25) is 0 Å². The molecule has 0 heterocycles. The van der Waals surface area contributed by atoms with Crippen molar-refractivity contribution in [3.63, 3.8) is 0 Å². The van der Waals surface area contributed by atoms with Gasteiger partial charge in [-0.15, -0.1) is 0 Å². The molecule has 0 radical (unpaired) electrons. The van der Waals surface area contributed by atoms with Gasteiger partial charge in [-0.25, -0.2) is 10.9 Å². The van der Waals surface area contributed by atoms with Gasteiger partial charge in [-0.05, 0) is 6.07 Å². The Balaban J connectivity index is 3.34. The van der Waals surface area contributed by atoms with Crippen LogP contribution in [-0.2, 0) is 10.9 Å². The summed E-state index contributed by atoms with van der Waals surface area (Å²) in [4.78, 5) is 10.6. The largest absolute Gasteiger partial charge is 0.478 e. The molecule has 74 valence electrons. The normalized spacial score (nSPS) is 10.1. The minimum absolute atomic E-state index is 0.0732. The van der Waals surface area contributed by atoms with E-state index < -0.39 is 25.8 Å². The molecule has 0 atom stereocenters. The van der Waals surface area contributed by atoms with Gasteiger partial charge in [0.1, 0.15) is 0 Å². The number of hydrogen-bond donors (Lipinski definition) is 1. The van der Waals surface area contributed by atoms with Crippen molar-refractivity contribution in [1.82, 2.24) is 0 Å². The van der Waals surface area contributed by atoms with Crippen molar-refractivity contribution >= 4 is 31.3 Å². The molecule has 0 aromatic heterocycles. The molecular weight excluding hydrogens is 299 g/mol. The SMILES string of the molecule is C=C(C(=O)O)c1ccccc1I(=O)=O. The average molecular weight is 306 g/mol. The van der Waals surface area contributed by atoms with Gasteiger partial charge in [0.25, 0.3) is 0 Å². The molecule has 1 aromatic rings. The third kappa shape index (κ3) is 2.16. The zero-order valence-electron chi connectivity index (χ0n) is 7.07. The zero-order chi connectivity index (χ0) is 10.7. The van der Waals surface area contributed by atoms with Crippen LogP contribution < -0.4 is 0 Å². The van der Waals surface area contributed by atoms with E-state index in [1.54, 1.807) is 12.1 Å². The molecular formula is C9H7IO4. The lowest BCUT2D eigenvalue weighted by molar-refractivity contribution is -0.130. The van der Waals surface area contributed by atoms with Crippen LogP contribution in [0.3, 0.4) is 0 Å². The molecule has 0 spiro atoms. The molecule has 1 rings (SSSR count). The molecule has 0 aliphatic rings. The lowest BCUT2D eigenvalue weighted by Gasteiger charge is -2.01. The van der Waals surface area contributed by atoms with Crippen LogP contribution in [0.4, 0.5) is 0 Å². The average Bonchev–Trinajstić information content (AvgIpc) is 2.16. The van der Waals surface area contributed by atoms with Crippen molar-refractivity contribution in [3.8, 4) is 0 Å². The highest BCUT2D eigenvalue weighted by Gasteiger charge is 2.13. The first-order valence-corrected chi connectivity index (χ1v) is 6.45. The van der Waals surface area contributed by atoms with E-state index in [9.17, 15) is 10.9 Å². The smallest absolute Gasteiger partial charge is 0.341 e. The minimum atomic E-state index is -3.66. The van der Waals surface area contributed by atoms with Crippen LogP contribution >= 0.6 is 19.8 Å². The second-order valence-electron chi connectivity index (χ2n) is 2.48. The molecule has 1 aromatic carbocycles. The van der Waals surface area contributed by atoms with Crippen LogP contribution in [0.15, 0.2) is 30.8 Å². The first-order valence-electron chi connectivity index (χ1n) is 3.61. The number of aliphatic carboxylic acids is 1. The Kier molecular flexibility index (Phi) is 3.34. The first kappa shape index (κ1) is 10.8. The fourth-order valence-electron chi connectivity index (χ4n) is 0.956. The van der Waals surface area contributed by atoms with E-state index in [0.29, 0.717) is 0 Å². The van der Waals surface area contributed by atoms with Crippen LogP contribution in [0.5, 0.6) is 0 Å². The summed E-state index contributed by atoms with van der Waals surface area (Å²) >= 11 is -3.66. The molecule has 0 unspecified atom stereocenters. The molecule has 0 bridgehead atoms. The number of hydrogen-bond acceptors (Lipinski definition) is 3. The van der Waals surface area contributed by atoms with Crippen molar-refractivity contribution in [3.05, 3.63) is 40.0 Å². The van der Waals surface area contributed by atoms with E-state index >= 15 is 0 Å². The molecule has 4 nitrogen and oxygen atoms in total. The van der Waals surface area contributed by atoms with Gasteiger partial charge in [0, 0.05) is 5.56 Å². The van der Waals surface area contributed by atoms with E-state index in [1.807, 2.05) is 0 Å². The standard InChI is InChI=1S/C9H7IO4/c1-6(9(11)12)7-4-2-3-5-8(7)10(13)14/h2-5H,1H2,(H,11,12). The summed E-state index contributed by atoms with van der Waals surface area (Å²) in [6, 6.07) is 5.95. The summed E-state index contributed by atoms with van der Waals surface area (Å²) < 4.78 is 21.8. The van der Waals surface area contributed by atoms with Gasteiger partial charge in [-0.2, -0.15) is 0 Å². The Morgan fingerprint density at radius 3 is 2.36 bits per heavy atom. The number of carboxylic acid groups (broad SMARTS) is 1. The van der Waals surface area contributed by atoms with Crippen molar-refractivity contribution in [2.75, 3.05) is 0 Å². The van der Waals surface area contributed by atoms with E-state index in [4.69, 9.17) is 5.11 Å². The highest BCUT2D eigenvalue weighted by atomic mass is 127. The van der Waals surface area contributed by atoms with Gasteiger partial charge in [0.15, 0.2) is 0 Å². The predicted molar refractivity (Wildman–Crippen MR) is 57.2 cm³/mol. The van der Waals surface area contributed by atoms with E-state index in [0.717, 1.165) is 0 Å². The maximum atomic E-state index is 10.8. The third-order valence-corrected chi connectivity index (χ3v) is 3.51. The van der Waals surface area contributed by atoms with Gasteiger partial charge >= 0.3 is 25.8 Å². The van der Waals surface area contributed by atoms with Crippen molar-refractivity contribution in [2.45, 2.75) is 0 Å². The Hall–Kier alpha value is -1.24. The Morgan fingerprint density at radius 2 is 1.86 bits per heavy atom. The second kappa shape index (κ2) is 4.32. The molecule has 0 aliphatic heterocycles. The van der Waals surface area contributed by atoms with Gasteiger partial charge in [-0.1, -0.05) is 24.8 Å². The summed E-state index contributed by atoms with van der Waals surface area (Å²) in [6.45, 7) is 3.32. The number of halogens is 1. The molecule has 1 N–H and O–H groups in total. The van der Waals surface area contributed by atoms with E-state index in [-0.39, 0.29) is 14.7 Å². The zero-order valence-corrected chi connectivity index (χ0v) is 9.22. The molecule has 0 fully saturated rings. The van der Waals surface area contributed by atoms with Crippen LogP contribution in [-0.4, -0.2) is 11.1 Å². The van der Waals surface area contributed by atoms with Crippen LogP contribution in [0.1, 0.15) is 5.56 Å². The summed E-state index contributed by atoms with van der Waals surface area (Å²) in [5, 5.41) is 8.66. The summed E-state index contributed by atoms with van der Waals surface area (Å²) in [5.74, 6) is -1.21. The fraction of sp³-hybridized carbons (Fsp3) is 0. The van der Waals surface area contributed by atoms with Gasteiger partial charge in [0.2, 0.25) is 0 Å². The monoisotopic (exact) mass is 306 g/mol. The lowest BCUT2D eigenvalue weighted by atomic mass is 10.1. The molecule has 0 amide bonds. The quantitative estimate of drug-likeness (QED) is 0.686. The van der Waals surface area contributed by atoms with E-state index in [2.05, 4.69) is 6.58 Å². The first-order chi connectivity index (χ1) is 6.54. The summed E-state index contributed by atoms with van der Waals surface area (Å²) in [5.41, 5.74) is -0.0233. The Bertz CT molecular complexity index is 452. The van der Waals surface area contributed by atoms with Crippen molar-refractivity contribution < 1.29 is 16.0 Å². The fourth-order valence-corrected chi connectivity index (χ4v) is 2.44. The summed E-state index contributed by atoms with van der Waals surface area (Å²) in [6.07, 6.45) is 0. The molecule has 5 heteroatoms. The number of benzene rings is 1. The van der Waals surface area contributed by atoms with Crippen LogP contribution in [0.25, 0.3) is 5.57 Å². The van der Waals surface area contributed by atoms with E-state index in [1.165, 1.54) is 12.1 Å². The highest BCUT2D eigenvalue weighted by Crippen LogP contribution is 2.26. The highest BCUT2D eigenvalue weighted by molar-refractivity contribution is 14.2. The van der Waals surface area contributed by atoms with Gasteiger partial charge < -0.3 is 5.11 Å².